The lowest BCUT2D eigenvalue weighted by molar-refractivity contribution is -0.154. The Labute approximate surface area is 168 Å². The third-order valence-electron chi connectivity index (χ3n) is 4.92. The van der Waals surface area contributed by atoms with E-state index in [1.807, 2.05) is 34.6 Å². The third-order valence-corrected chi connectivity index (χ3v) is 4.92. The molecule has 0 amide bonds. The molecule has 0 aliphatic rings. The summed E-state index contributed by atoms with van der Waals surface area (Å²) >= 11 is 0. The number of ether oxygens (including phenoxy) is 3. The highest BCUT2D eigenvalue weighted by molar-refractivity contribution is 5.80. The van der Waals surface area contributed by atoms with E-state index in [1.54, 1.807) is 6.92 Å². The Bertz CT molecular complexity index is 683. The molecule has 2 unspecified atom stereocenters. The molecular weight excluding hydrogens is 360 g/mol. The zero-order chi connectivity index (χ0) is 21.9. The number of hydrogen-bond acceptors (Lipinski definition) is 6. The van der Waals surface area contributed by atoms with E-state index in [-0.39, 0.29) is 22.3 Å². The van der Waals surface area contributed by atoms with Crippen molar-refractivity contribution in [3.8, 4) is 23.0 Å². The Morgan fingerprint density at radius 2 is 1.64 bits per heavy atom. The van der Waals surface area contributed by atoms with Gasteiger partial charge in [-0.05, 0) is 38.0 Å². The molecule has 160 valence electrons. The Morgan fingerprint density at radius 1 is 1.07 bits per heavy atom. The zero-order valence-electron chi connectivity index (χ0n) is 18.7. The molecule has 0 radical (unpaired) electrons. The maximum atomic E-state index is 13.2. The summed E-state index contributed by atoms with van der Waals surface area (Å²) in [7, 11) is 0. The lowest BCUT2D eigenvalue weighted by atomic mass is 9.61. The molecule has 2 atom stereocenters. The van der Waals surface area contributed by atoms with Crippen LogP contribution in [0.15, 0.2) is 12.1 Å². The second-order valence-electron chi connectivity index (χ2n) is 9.64. The average Bonchev–Trinajstić information content (AvgIpc) is 2.49. The summed E-state index contributed by atoms with van der Waals surface area (Å²) in [5, 5.41) is 20.1. The second-order valence-corrected chi connectivity index (χ2v) is 9.64. The first-order valence-electron chi connectivity index (χ1n) is 9.67. The molecule has 0 saturated heterocycles. The Kier molecular flexibility index (Phi) is 7.40. The summed E-state index contributed by atoms with van der Waals surface area (Å²) in [5.41, 5.74) is -1.20. The van der Waals surface area contributed by atoms with E-state index in [0.717, 1.165) is 0 Å². The van der Waals surface area contributed by atoms with Gasteiger partial charge >= 0.3 is 5.97 Å². The molecule has 0 heterocycles. The van der Waals surface area contributed by atoms with Crippen molar-refractivity contribution >= 4 is 5.97 Å². The standard InChI is InChI=1S/C22H36O6/c1-10-26-14(2)27-17-12-15(11-16(23)18(17)24)28-19(25)22(9,21(6,7)8)13-20(3,4)5/h11-12,14,23-24H,10,13H2,1-9H3. The highest BCUT2D eigenvalue weighted by Gasteiger charge is 2.48. The van der Waals surface area contributed by atoms with Gasteiger partial charge in [-0.2, -0.15) is 0 Å². The van der Waals surface area contributed by atoms with E-state index in [2.05, 4.69) is 20.8 Å². The van der Waals surface area contributed by atoms with Crippen molar-refractivity contribution in [2.24, 2.45) is 16.2 Å². The number of carbonyl (C=O) groups excluding carboxylic acids is 1. The molecule has 1 aromatic rings. The van der Waals surface area contributed by atoms with Crippen LogP contribution < -0.4 is 9.47 Å². The van der Waals surface area contributed by atoms with Crippen LogP contribution in [0.1, 0.15) is 68.7 Å². The Balaban J connectivity index is 3.20. The first kappa shape index (κ1) is 24.1. The van der Waals surface area contributed by atoms with Gasteiger partial charge in [0.1, 0.15) is 5.75 Å². The Hall–Kier alpha value is -1.95. The van der Waals surface area contributed by atoms with Gasteiger partial charge in [0, 0.05) is 18.7 Å². The summed E-state index contributed by atoms with van der Waals surface area (Å²) in [4.78, 5) is 13.2. The summed E-state index contributed by atoms with van der Waals surface area (Å²) in [6, 6.07) is 2.58. The van der Waals surface area contributed by atoms with Crippen LogP contribution in [0.5, 0.6) is 23.0 Å². The molecule has 28 heavy (non-hydrogen) atoms. The van der Waals surface area contributed by atoms with Crippen LogP contribution in [-0.4, -0.2) is 29.1 Å². The number of carbonyl (C=O) groups is 1. The highest BCUT2D eigenvalue weighted by atomic mass is 16.7. The predicted molar refractivity (Wildman–Crippen MR) is 109 cm³/mol. The molecule has 6 heteroatoms. The smallest absolute Gasteiger partial charge is 0.317 e. The van der Waals surface area contributed by atoms with Crippen LogP contribution in [0.3, 0.4) is 0 Å². The van der Waals surface area contributed by atoms with Gasteiger partial charge in [0.25, 0.3) is 0 Å². The van der Waals surface area contributed by atoms with Crippen LogP contribution in [0.25, 0.3) is 0 Å². The molecule has 1 aromatic carbocycles. The Morgan fingerprint density at radius 3 is 2.11 bits per heavy atom. The molecule has 0 aliphatic carbocycles. The minimum atomic E-state index is -0.765. The number of hydrogen-bond donors (Lipinski definition) is 2. The van der Waals surface area contributed by atoms with E-state index < -0.39 is 29.2 Å². The van der Waals surface area contributed by atoms with Crippen LogP contribution in [0.4, 0.5) is 0 Å². The highest BCUT2D eigenvalue weighted by Crippen LogP contribution is 2.48. The van der Waals surface area contributed by atoms with E-state index in [1.165, 1.54) is 12.1 Å². The fraction of sp³-hybridized carbons (Fsp3) is 0.682. The van der Waals surface area contributed by atoms with Crippen molar-refractivity contribution in [2.75, 3.05) is 6.61 Å². The summed E-state index contributed by atoms with van der Waals surface area (Å²) in [6.07, 6.45) is -0.0149. The van der Waals surface area contributed by atoms with E-state index in [0.29, 0.717) is 13.0 Å². The van der Waals surface area contributed by atoms with Gasteiger partial charge in [-0.15, -0.1) is 0 Å². The SMILES string of the molecule is CCOC(C)Oc1cc(OC(=O)C(C)(CC(C)(C)C)C(C)(C)C)cc(O)c1O. The molecule has 6 nitrogen and oxygen atoms in total. The summed E-state index contributed by atoms with van der Waals surface area (Å²) < 4.78 is 16.4. The minimum absolute atomic E-state index is 0.0166. The van der Waals surface area contributed by atoms with Crippen molar-refractivity contribution in [3.05, 3.63) is 12.1 Å². The van der Waals surface area contributed by atoms with E-state index >= 15 is 0 Å². The summed E-state index contributed by atoms with van der Waals surface area (Å²) in [5.74, 6) is -1.18. The maximum Gasteiger partial charge on any atom is 0.317 e. The first-order chi connectivity index (χ1) is 12.6. The van der Waals surface area contributed by atoms with Gasteiger partial charge < -0.3 is 24.4 Å². The summed E-state index contributed by atoms with van der Waals surface area (Å²) in [6.45, 7) is 18.1. The van der Waals surface area contributed by atoms with Crippen molar-refractivity contribution in [3.63, 3.8) is 0 Å². The van der Waals surface area contributed by atoms with Crippen molar-refractivity contribution in [1.82, 2.24) is 0 Å². The predicted octanol–water partition coefficient (Wildman–Crippen LogP) is 5.25. The number of aromatic hydroxyl groups is 2. The fourth-order valence-electron chi connectivity index (χ4n) is 3.09. The van der Waals surface area contributed by atoms with Gasteiger partial charge in [0.15, 0.2) is 17.8 Å². The van der Waals surface area contributed by atoms with Gasteiger partial charge in [0.2, 0.25) is 5.75 Å². The topological polar surface area (TPSA) is 85.2 Å². The quantitative estimate of drug-likeness (QED) is 0.283. The lowest BCUT2D eigenvalue weighted by Gasteiger charge is -2.43. The molecule has 0 aliphatic heterocycles. The number of phenols is 2. The molecule has 0 aromatic heterocycles. The van der Waals surface area contributed by atoms with Crippen molar-refractivity contribution in [2.45, 2.75) is 75.0 Å². The first-order valence-corrected chi connectivity index (χ1v) is 9.67. The largest absolute Gasteiger partial charge is 0.504 e. The number of rotatable bonds is 7. The van der Waals surface area contributed by atoms with Gasteiger partial charge in [-0.3, -0.25) is 4.79 Å². The maximum absolute atomic E-state index is 13.2. The molecular formula is C22H36O6. The van der Waals surface area contributed by atoms with Crippen molar-refractivity contribution < 1.29 is 29.2 Å². The van der Waals surface area contributed by atoms with Gasteiger partial charge in [-0.25, -0.2) is 0 Å². The van der Waals surface area contributed by atoms with Gasteiger partial charge in [-0.1, -0.05) is 41.5 Å². The molecule has 0 spiro atoms. The van der Waals surface area contributed by atoms with Gasteiger partial charge in [0.05, 0.1) is 5.41 Å². The van der Waals surface area contributed by atoms with Crippen LogP contribution >= 0.6 is 0 Å². The van der Waals surface area contributed by atoms with Crippen LogP contribution in [0, 0.1) is 16.2 Å². The van der Waals surface area contributed by atoms with E-state index in [4.69, 9.17) is 14.2 Å². The zero-order valence-corrected chi connectivity index (χ0v) is 18.7. The second kappa shape index (κ2) is 8.60. The number of benzene rings is 1. The third kappa shape index (κ3) is 6.03. The molecule has 1 rings (SSSR count). The lowest BCUT2D eigenvalue weighted by Crippen LogP contribution is -2.45. The minimum Gasteiger partial charge on any atom is -0.504 e. The fourth-order valence-corrected chi connectivity index (χ4v) is 3.09. The monoisotopic (exact) mass is 396 g/mol. The molecule has 0 fully saturated rings. The van der Waals surface area contributed by atoms with Crippen molar-refractivity contribution in [1.29, 1.82) is 0 Å². The normalized spacial score (nSPS) is 15.6. The molecule has 0 saturated carbocycles. The van der Waals surface area contributed by atoms with Crippen LogP contribution in [0.2, 0.25) is 0 Å². The molecule has 0 bridgehead atoms. The van der Waals surface area contributed by atoms with Crippen LogP contribution in [-0.2, 0) is 9.53 Å². The van der Waals surface area contributed by atoms with E-state index in [9.17, 15) is 15.0 Å². The average molecular weight is 397 g/mol. The number of phenolic OH excluding ortho intramolecular Hbond substituents is 2. The number of esters is 1. The molecule has 2 N–H and O–H groups in total.